The van der Waals surface area contributed by atoms with E-state index in [0.717, 1.165) is 54.9 Å². The highest BCUT2D eigenvalue weighted by molar-refractivity contribution is 7.99. The number of benzene rings is 1. The molecule has 172 valence electrons. The summed E-state index contributed by atoms with van der Waals surface area (Å²) in [7, 11) is 4.08. The van der Waals surface area contributed by atoms with Crippen LogP contribution in [0.4, 0.5) is 0 Å². The smallest absolute Gasteiger partial charge is 0.291 e. The number of carbonyl (C=O) groups is 1. The minimum atomic E-state index is -0.152. The van der Waals surface area contributed by atoms with Crippen molar-refractivity contribution in [1.29, 1.82) is 0 Å². The average Bonchev–Trinajstić information content (AvgIpc) is 3.13. The van der Waals surface area contributed by atoms with Gasteiger partial charge in [-0.25, -0.2) is 0 Å². The van der Waals surface area contributed by atoms with E-state index in [1.54, 1.807) is 0 Å². The third-order valence-corrected chi connectivity index (χ3v) is 8.27. The molecule has 4 bridgehead atoms. The van der Waals surface area contributed by atoms with Crippen LogP contribution >= 0.6 is 11.8 Å². The number of hydrogen-bond donors (Lipinski definition) is 1. The quantitative estimate of drug-likeness (QED) is 0.545. The van der Waals surface area contributed by atoms with Crippen molar-refractivity contribution < 1.29 is 14.1 Å². The van der Waals surface area contributed by atoms with Gasteiger partial charge in [-0.3, -0.25) is 4.79 Å². The molecule has 0 aliphatic heterocycles. The van der Waals surface area contributed by atoms with Crippen molar-refractivity contribution in [1.82, 2.24) is 15.4 Å². The van der Waals surface area contributed by atoms with Gasteiger partial charge in [0.15, 0.2) is 0 Å². The van der Waals surface area contributed by atoms with Gasteiger partial charge in [0, 0.05) is 17.0 Å². The molecule has 4 saturated carbocycles. The van der Waals surface area contributed by atoms with Gasteiger partial charge in [0.25, 0.3) is 11.8 Å². The molecule has 6 rings (SSSR count). The first-order valence-corrected chi connectivity index (χ1v) is 12.6. The van der Waals surface area contributed by atoms with Gasteiger partial charge in [0.2, 0.25) is 5.76 Å². The summed E-state index contributed by atoms with van der Waals surface area (Å²) in [5.74, 6) is 2.84. The summed E-state index contributed by atoms with van der Waals surface area (Å²) in [6.07, 6.45) is 8.23. The van der Waals surface area contributed by atoms with E-state index in [1.165, 1.54) is 31.0 Å². The summed E-state index contributed by atoms with van der Waals surface area (Å²) in [4.78, 5) is 17.3. The lowest BCUT2D eigenvalue weighted by molar-refractivity contribution is -0.0173. The van der Waals surface area contributed by atoms with E-state index < -0.39 is 0 Å². The summed E-state index contributed by atoms with van der Waals surface area (Å²) >= 11 is 1.48. The minimum Gasteiger partial charge on any atom is -0.475 e. The Morgan fingerprint density at radius 1 is 1.16 bits per heavy atom. The first kappa shape index (κ1) is 21.8. The van der Waals surface area contributed by atoms with Crippen LogP contribution in [0.1, 0.15) is 55.5 Å². The number of hydrogen-bond acceptors (Lipinski definition) is 6. The number of amides is 1. The molecule has 7 heteroatoms. The van der Waals surface area contributed by atoms with Crippen LogP contribution in [-0.4, -0.2) is 48.7 Å². The summed E-state index contributed by atoms with van der Waals surface area (Å²) in [6, 6.07) is 10.0. The lowest BCUT2D eigenvalue weighted by Crippen LogP contribution is -2.59. The standard InChI is InChI=1S/C25H33N3O3S/c1-28(2)9-6-10-30-24-22(32-20-7-4-3-5-8-20)21(31-27-24)23(29)26-25-14-17-11-18(15-25)13-19(12-17)16-25/h3-5,7-8,17-19H,6,9-16H2,1-2H3,(H,26,29). The SMILES string of the molecule is CN(C)CCCOc1noc(C(=O)NC23CC4CC(CC(C4)C2)C3)c1Sc1ccccc1. The molecular formula is C25H33N3O3S. The van der Waals surface area contributed by atoms with E-state index >= 15 is 0 Å². The third kappa shape index (κ3) is 4.69. The maximum atomic E-state index is 13.5. The molecule has 0 spiro atoms. The molecule has 0 saturated heterocycles. The first-order valence-electron chi connectivity index (χ1n) is 11.8. The second-order valence-corrected chi connectivity index (χ2v) is 11.3. The Kier molecular flexibility index (Phi) is 6.21. The van der Waals surface area contributed by atoms with Crippen molar-refractivity contribution in [3.05, 3.63) is 36.1 Å². The molecule has 4 fully saturated rings. The maximum Gasteiger partial charge on any atom is 0.291 e. The van der Waals surface area contributed by atoms with Crippen LogP contribution in [0.3, 0.4) is 0 Å². The predicted octanol–water partition coefficient (Wildman–Crippen LogP) is 4.85. The zero-order valence-electron chi connectivity index (χ0n) is 19.0. The first-order chi connectivity index (χ1) is 15.5. The fraction of sp³-hybridized carbons (Fsp3) is 0.600. The Morgan fingerprint density at radius 2 is 1.81 bits per heavy atom. The Bertz CT molecular complexity index is 908. The van der Waals surface area contributed by atoms with E-state index in [1.807, 2.05) is 44.4 Å². The van der Waals surface area contributed by atoms with Crippen LogP contribution < -0.4 is 10.1 Å². The molecule has 1 heterocycles. The highest BCUT2D eigenvalue weighted by Gasteiger charge is 2.52. The van der Waals surface area contributed by atoms with Crippen LogP contribution in [0.25, 0.3) is 0 Å². The average molecular weight is 456 g/mol. The maximum absolute atomic E-state index is 13.5. The second-order valence-electron chi connectivity index (χ2n) is 10.2. The Hall–Kier alpha value is -1.99. The van der Waals surface area contributed by atoms with Gasteiger partial charge in [-0.05, 0) is 94.1 Å². The van der Waals surface area contributed by atoms with Crippen molar-refractivity contribution in [3.63, 3.8) is 0 Å². The van der Waals surface area contributed by atoms with E-state index in [9.17, 15) is 4.79 Å². The van der Waals surface area contributed by atoms with Crippen LogP contribution in [0, 0.1) is 17.8 Å². The Labute approximate surface area is 194 Å². The highest BCUT2D eigenvalue weighted by atomic mass is 32.2. The fourth-order valence-corrected chi connectivity index (χ4v) is 7.25. The van der Waals surface area contributed by atoms with Crippen LogP contribution in [-0.2, 0) is 0 Å². The highest BCUT2D eigenvalue weighted by Crippen LogP contribution is 2.55. The van der Waals surface area contributed by atoms with Gasteiger partial charge in [-0.2, -0.15) is 0 Å². The molecule has 4 aliphatic carbocycles. The lowest BCUT2D eigenvalue weighted by atomic mass is 9.53. The van der Waals surface area contributed by atoms with Gasteiger partial charge >= 0.3 is 0 Å². The zero-order valence-corrected chi connectivity index (χ0v) is 19.8. The van der Waals surface area contributed by atoms with Crippen molar-refractivity contribution in [3.8, 4) is 5.88 Å². The molecule has 0 atom stereocenters. The van der Waals surface area contributed by atoms with Crippen molar-refractivity contribution in [2.45, 2.75) is 60.3 Å². The molecule has 2 aromatic rings. The molecule has 1 N–H and O–H groups in total. The van der Waals surface area contributed by atoms with Gasteiger partial charge < -0.3 is 19.5 Å². The number of carbonyl (C=O) groups excluding carboxylic acids is 1. The van der Waals surface area contributed by atoms with Gasteiger partial charge in [-0.1, -0.05) is 30.0 Å². The lowest BCUT2D eigenvalue weighted by Gasteiger charge is -2.56. The minimum absolute atomic E-state index is 0.0694. The summed E-state index contributed by atoms with van der Waals surface area (Å²) in [5.41, 5.74) is -0.0694. The van der Waals surface area contributed by atoms with Crippen LogP contribution in [0.5, 0.6) is 5.88 Å². The monoisotopic (exact) mass is 455 g/mol. The molecule has 4 aliphatic rings. The van der Waals surface area contributed by atoms with E-state index in [4.69, 9.17) is 9.26 Å². The Morgan fingerprint density at radius 3 is 2.44 bits per heavy atom. The normalized spacial score (nSPS) is 28.3. The number of aromatic nitrogens is 1. The fourth-order valence-electron chi connectivity index (χ4n) is 6.31. The molecule has 0 unspecified atom stereocenters. The van der Waals surface area contributed by atoms with E-state index in [-0.39, 0.29) is 17.2 Å². The van der Waals surface area contributed by atoms with Gasteiger partial charge in [0.1, 0.15) is 4.90 Å². The number of nitrogens with one attached hydrogen (secondary N) is 1. The number of nitrogens with zero attached hydrogens (tertiary/aromatic N) is 2. The zero-order chi connectivity index (χ0) is 22.1. The second kappa shape index (κ2) is 9.10. The van der Waals surface area contributed by atoms with Crippen molar-refractivity contribution in [2.75, 3.05) is 27.2 Å². The summed E-state index contributed by atoms with van der Waals surface area (Å²) in [6.45, 7) is 1.46. The van der Waals surface area contributed by atoms with E-state index in [2.05, 4.69) is 15.4 Å². The summed E-state index contributed by atoms with van der Waals surface area (Å²) in [5, 5.41) is 7.57. The molecule has 1 aromatic carbocycles. The molecule has 1 amide bonds. The molecular weight excluding hydrogens is 422 g/mol. The van der Waals surface area contributed by atoms with Crippen molar-refractivity contribution in [2.24, 2.45) is 17.8 Å². The number of ether oxygens (including phenoxy) is 1. The number of rotatable bonds is 9. The Balaban J connectivity index is 1.34. The van der Waals surface area contributed by atoms with Crippen LogP contribution in [0.15, 0.2) is 44.6 Å². The van der Waals surface area contributed by atoms with Gasteiger partial charge in [0.05, 0.1) is 6.61 Å². The van der Waals surface area contributed by atoms with Crippen LogP contribution in [0.2, 0.25) is 0 Å². The summed E-state index contributed by atoms with van der Waals surface area (Å²) < 4.78 is 11.6. The molecule has 6 nitrogen and oxygen atoms in total. The molecule has 0 radical (unpaired) electrons. The largest absolute Gasteiger partial charge is 0.475 e. The van der Waals surface area contributed by atoms with Gasteiger partial charge in [-0.15, -0.1) is 0 Å². The van der Waals surface area contributed by atoms with Crippen molar-refractivity contribution >= 4 is 17.7 Å². The molecule has 32 heavy (non-hydrogen) atoms. The third-order valence-electron chi connectivity index (χ3n) is 7.20. The predicted molar refractivity (Wildman–Crippen MR) is 124 cm³/mol. The molecule has 1 aromatic heterocycles. The van der Waals surface area contributed by atoms with E-state index in [0.29, 0.717) is 17.4 Å². The topological polar surface area (TPSA) is 67.6 Å².